The van der Waals surface area contributed by atoms with E-state index in [2.05, 4.69) is 16.6 Å². The molecule has 0 spiro atoms. The lowest BCUT2D eigenvalue weighted by atomic mass is 9.94. The number of hydrazine groups is 1. The van der Waals surface area contributed by atoms with Crippen LogP contribution in [0.5, 0.6) is 0 Å². The van der Waals surface area contributed by atoms with Crippen molar-refractivity contribution in [3.63, 3.8) is 0 Å². The summed E-state index contributed by atoms with van der Waals surface area (Å²) in [6.45, 7) is -0.338. The Morgan fingerprint density at radius 3 is 2.42 bits per heavy atom. The minimum atomic E-state index is -1.34. The summed E-state index contributed by atoms with van der Waals surface area (Å²) in [5.41, 5.74) is 2.09. The van der Waals surface area contributed by atoms with Gasteiger partial charge in [0.25, 0.3) is 0 Å². The maximum Gasteiger partial charge on any atom is 0.333 e. The van der Waals surface area contributed by atoms with Gasteiger partial charge in [0.05, 0.1) is 19.5 Å². The molecule has 1 saturated heterocycles. The van der Waals surface area contributed by atoms with Crippen LogP contribution in [0.4, 0.5) is 4.79 Å². The van der Waals surface area contributed by atoms with E-state index in [0.29, 0.717) is 11.0 Å². The normalized spacial score (nSPS) is 14.6. The standard InChI is InChI=1S/C25H26BN5O5/c1-2-11-29-16-22(32)30(17-31(29)25(36)28-14-18-7-4-3-5-8-18)21(13-23(33)34)24(35)27-15-19-9-6-10-20(26)12-19/h1,3-10,12,21H,11,13-17H2,(H,27,35)(H,28,36)(H,33,34)/t21-/m0/s1. The molecule has 0 aromatic heterocycles. The van der Waals surface area contributed by atoms with E-state index in [0.717, 1.165) is 10.5 Å². The fourth-order valence-corrected chi connectivity index (χ4v) is 3.74. The lowest BCUT2D eigenvalue weighted by Gasteiger charge is -2.44. The van der Waals surface area contributed by atoms with Crippen LogP contribution in [0.25, 0.3) is 0 Å². The second-order valence-electron chi connectivity index (χ2n) is 8.15. The van der Waals surface area contributed by atoms with Gasteiger partial charge in [-0.1, -0.05) is 66.0 Å². The largest absolute Gasteiger partial charge is 0.481 e. The Morgan fingerprint density at radius 2 is 1.75 bits per heavy atom. The zero-order valence-electron chi connectivity index (χ0n) is 19.6. The number of benzene rings is 2. The molecule has 1 heterocycles. The molecule has 1 atom stereocenters. The van der Waals surface area contributed by atoms with E-state index in [1.807, 2.05) is 30.3 Å². The molecule has 0 aliphatic carbocycles. The van der Waals surface area contributed by atoms with Gasteiger partial charge in [-0.3, -0.25) is 14.4 Å². The van der Waals surface area contributed by atoms with Crippen molar-refractivity contribution >= 4 is 37.1 Å². The molecule has 3 N–H and O–H groups in total. The molecule has 0 bridgehead atoms. The van der Waals surface area contributed by atoms with Crippen molar-refractivity contribution in [3.8, 4) is 12.3 Å². The van der Waals surface area contributed by atoms with Crippen LogP contribution in [0.1, 0.15) is 17.5 Å². The van der Waals surface area contributed by atoms with Crippen molar-refractivity contribution in [2.75, 3.05) is 19.8 Å². The van der Waals surface area contributed by atoms with Crippen LogP contribution in [0.3, 0.4) is 0 Å². The van der Waals surface area contributed by atoms with Crippen LogP contribution in [-0.4, -0.2) is 77.5 Å². The van der Waals surface area contributed by atoms with Gasteiger partial charge in [0.1, 0.15) is 20.6 Å². The van der Waals surface area contributed by atoms with Crippen molar-refractivity contribution in [2.45, 2.75) is 25.6 Å². The molecule has 36 heavy (non-hydrogen) atoms. The summed E-state index contributed by atoms with van der Waals surface area (Å²) in [6, 6.07) is 14.2. The summed E-state index contributed by atoms with van der Waals surface area (Å²) in [5, 5.41) is 17.4. The van der Waals surface area contributed by atoms with Gasteiger partial charge >= 0.3 is 12.0 Å². The van der Waals surface area contributed by atoms with E-state index in [1.54, 1.807) is 24.3 Å². The molecule has 4 amide bonds. The summed E-state index contributed by atoms with van der Waals surface area (Å²) in [5.74, 6) is -0.0461. The predicted octanol–water partition coefficient (Wildman–Crippen LogP) is -0.198. The Bertz CT molecular complexity index is 1150. The van der Waals surface area contributed by atoms with Crippen LogP contribution in [0, 0.1) is 12.3 Å². The topological polar surface area (TPSA) is 122 Å². The SMILES string of the molecule is [B]c1cccc(CNC(=O)[C@H](CC(=O)O)N2CN(C(=O)NCc3ccccc3)N(CC#C)CC2=O)c1. The second-order valence-corrected chi connectivity index (χ2v) is 8.15. The van der Waals surface area contributed by atoms with Crippen molar-refractivity contribution in [1.29, 1.82) is 0 Å². The van der Waals surface area contributed by atoms with E-state index in [1.165, 1.54) is 10.0 Å². The van der Waals surface area contributed by atoms with Gasteiger partial charge in [-0.05, 0) is 11.1 Å². The fraction of sp³-hybridized carbons (Fsp3) is 0.280. The van der Waals surface area contributed by atoms with E-state index in [-0.39, 0.29) is 32.8 Å². The zero-order chi connectivity index (χ0) is 26.1. The highest BCUT2D eigenvalue weighted by Gasteiger charge is 2.40. The first-order valence-corrected chi connectivity index (χ1v) is 11.2. The number of hydrogen-bond acceptors (Lipinski definition) is 5. The molecular weight excluding hydrogens is 461 g/mol. The molecule has 0 saturated carbocycles. The number of carboxylic acid groups (broad SMARTS) is 1. The second kappa shape index (κ2) is 12.4. The first kappa shape index (κ1) is 26.3. The van der Waals surface area contributed by atoms with Gasteiger partial charge in [0, 0.05) is 13.1 Å². The molecule has 3 rings (SSSR count). The number of urea groups is 1. The first-order chi connectivity index (χ1) is 17.3. The van der Waals surface area contributed by atoms with Crippen molar-refractivity contribution < 1.29 is 24.3 Å². The maximum absolute atomic E-state index is 13.0. The highest BCUT2D eigenvalue weighted by molar-refractivity contribution is 6.32. The highest BCUT2D eigenvalue weighted by atomic mass is 16.4. The number of carbonyl (C=O) groups excluding carboxylic acids is 3. The number of nitrogens with zero attached hydrogens (tertiary/aromatic N) is 3. The number of rotatable bonds is 9. The van der Waals surface area contributed by atoms with Crippen LogP contribution in [0.15, 0.2) is 54.6 Å². The Labute approximate surface area is 210 Å². The quantitative estimate of drug-likeness (QED) is 0.333. The number of carbonyl (C=O) groups is 4. The average molecular weight is 487 g/mol. The summed E-state index contributed by atoms with van der Waals surface area (Å²) in [6.07, 6.45) is 4.78. The molecule has 2 aromatic rings. The van der Waals surface area contributed by atoms with Crippen molar-refractivity contribution in [1.82, 2.24) is 25.6 Å². The monoisotopic (exact) mass is 487 g/mol. The van der Waals surface area contributed by atoms with Crippen molar-refractivity contribution in [2.24, 2.45) is 0 Å². The third-order valence-electron chi connectivity index (χ3n) is 5.53. The Balaban J connectivity index is 1.75. The predicted molar refractivity (Wildman–Crippen MR) is 132 cm³/mol. The molecule has 2 radical (unpaired) electrons. The molecule has 1 fully saturated rings. The molecule has 1 aliphatic rings. The fourth-order valence-electron chi connectivity index (χ4n) is 3.74. The lowest BCUT2D eigenvalue weighted by molar-refractivity contribution is -0.161. The molecule has 11 heteroatoms. The summed E-state index contributed by atoms with van der Waals surface area (Å²) >= 11 is 0. The van der Waals surface area contributed by atoms with Gasteiger partial charge in [0.2, 0.25) is 11.8 Å². The van der Waals surface area contributed by atoms with Gasteiger partial charge in [-0.2, -0.15) is 5.01 Å². The van der Waals surface area contributed by atoms with Crippen molar-refractivity contribution in [3.05, 3.63) is 65.7 Å². The smallest absolute Gasteiger partial charge is 0.333 e. The molecule has 184 valence electrons. The summed E-state index contributed by atoms with van der Waals surface area (Å²) in [4.78, 5) is 51.6. The van der Waals surface area contributed by atoms with E-state index in [4.69, 9.17) is 14.3 Å². The lowest BCUT2D eigenvalue weighted by Crippen LogP contribution is -2.66. The molecule has 2 aromatic carbocycles. The number of nitrogens with one attached hydrogen (secondary N) is 2. The zero-order valence-corrected chi connectivity index (χ0v) is 19.6. The van der Waals surface area contributed by atoms with E-state index in [9.17, 15) is 24.3 Å². The maximum atomic E-state index is 13.0. The molecule has 10 nitrogen and oxygen atoms in total. The Hall–Kier alpha value is -4.30. The van der Waals surface area contributed by atoms with Gasteiger partial charge < -0.3 is 20.6 Å². The van der Waals surface area contributed by atoms with E-state index >= 15 is 0 Å². The Morgan fingerprint density at radius 1 is 1.06 bits per heavy atom. The number of hydrogen-bond donors (Lipinski definition) is 3. The first-order valence-electron chi connectivity index (χ1n) is 11.2. The number of aliphatic carboxylic acids is 1. The number of terminal acetylenes is 1. The number of amides is 4. The van der Waals surface area contributed by atoms with Gasteiger partial charge in [0.15, 0.2) is 0 Å². The summed E-state index contributed by atoms with van der Waals surface area (Å²) < 4.78 is 0. The average Bonchev–Trinajstić information content (AvgIpc) is 2.85. The van der Waals surface area contributed by atoms with E-state index < -0.39 is 36.3 Å². The summed E-state index contributed by atoms with van der Waals surface area (Å²) in [7, 11) is 5.76. The third-order valence-corrected chi connectivity index (χ3v) is 5.53. The van der Waals surface area contributed by atoms with Crippen LogP contribution < -0.4 is 16.1 Å². The van der Waals surface area contributed by atoms with Crippen LogP contribution in [-0.2, 0) is 27.5 Å². The highest BCUT2D eigenvalue weighted by Crippen LogP contribution is 2.16. The number of carboxylic acids is 1. The Kier molecular flexibility index (Phi) is 9.08. The van der Waals surface area contributed by atoms with Gasteiger partial charge in [-0.15, -0.1) is 6.42 Å². The minimum Gasteiger partial charge on any atom is -0.481 e. The molecular formula is C25H26BN5O5. The van der Waals surface area contributed by atoms with Crippen LogP contribution in [0.2, 0.25) is 0 Å². The third kappa shape index (κ3) is 7.10. The molecule has 1 aliphatic heterocycles. The molecule has 0 unspecified atom stereocenters. The van der Waals surface area contributed by atoms with Crippen LogP contribution >= 0.6 is 0 Å². The van der Waals surface area contributed by atoms with Gasteiger partial charge in [-0.25, -0.2) is 9.80 Å². The minimum absolute atomic E-state index is 0.0242.